The first-order valence-electron chi connectivity index (χ1n) is 8.78. The van der Waals surface area contributed by atoms with Gasteiger partial charge in [0.25, 0.3) is 0 Å². The Morgan fingerprint density at radius 2 is 1.67 bits per heavy atom. The highest BCUT2D eigenvalue weighted by molar-refractivity contribution is 5.91. The van der Waals surface area contributed by atoms with E-state index in [9.17, 15) is 18.0 Å². The molecule has 1 aromatic carbocycles. The summed E-state index contributed by atoms with van der Waals surface area (Å²) in [6, 6.07) is 4.89. The van der Waals surface area contributed by atoms with Crippen molar-refractivity contribution in [2.75, 3.05) is 5.32 Å². The van der Waals surface area contributed by atoms with Gasteiger partial charge >= 0.3 is 6.18 Å². The summed E-state index contributed by atoms with van der Waals surface area (Å²) in [6.07, 6.45) is 3.37. The number of rotatable bonds is 3. The van der Waals surface area contributed by atoms with Crippen LogP contribution in [0, 0.1) is 23.2 Å². The van der Waals surface area contributed by atoms with Crippen molar-refractivity contribution in [1.29, 1.82) is 0 Å². The van der Waals surface area contributed by atoms with Crippen LogP contribution in [0.5, 0.6) is 0 Å². The van der Waals surface area contributed by atoms with Crippen LogP contribution in [-0.4, -0.2) is 5.91 Å². The number of halogens is 3. The Morgan fingerprint density at radius 1 is 1.08 bits per heavy atom. The lowest BCUT2D eigenvalue weighted by Gasteiger charge is -2.56. The van der Waals surface area contributed by atoms with Crippen LogP contribution in [0.3, 0.4) is 0 Å². The van der Waals surface area contributed by atoms with Gasteiger partial charge in [-0.15, -0.1) is 0 Å². The highest BCUT2D eigenvalue weighted by Crippen LogP contribution is 2.61. The molecule has 0 spiro atoms. The van der Waals surface area contributed by atoms with Crippen molar-refractivity contribution >= 4 is 11.6 Å². The Bertz CT molecular complexity index is 617. The van der Waals surface area contributed by atoms with Crippen molar-refractivity contribution in [2.24, 2.45) is 23.2 Å². The second-order valence-corrected chi connectivity index (χ2v) is 8.22. The van der Waals surface area contributed by atoms with Gasteiger partial charge in [-0.3, -0.25) is 4.79 Å². The van der Waals surface area contributed by atoms with Gasteiger partial charge in [-0.05, 0) is 79.9 Å². The minimum absolute atomic E-state index is 0.0977. The van der Waals surface area contributed by atoms with Crippen molar-refractivity contribution in [1.82, 2.24) is 0 Å². The van der Waals surface area contributed by atoms with Gasteiger partial charge in [0.2, 0.25) is 5.91 Å². The Balaban J connectivity index is 1.44. The van der Waals surface area contributed by atoms with Crippen LogP contribution in [0.4, 0.5) is 18.9 Å². The number of benzene rings is 1. The summed E-state index contributed by atoms with van der Waals surface area (Å²) in [6.45, 7) is 0. The van der Waals surface area contributed by atoms with Crippen molar-refractivity contribution < 1.29 is 18.0 Å². The molecule has 1 aromatic rings. The van der Waals surface area contributed by atoms with Gasteiger partial charge < -0.3 is 5.32 Å². The second kappa shape index (κ2) is 5.50. The Labute approximate surface area is 139 Å². The zero-order chi connectivity index (χ0) is 16.9. The third-order valence-electron chi connectivity index (χ3n) is 6.17. The van der Waals surface area contributed by atoms with Crippen LogP contribution in [0.1, 0.15) is 50.5 Å². The van der Waals surface area contributed by atoms with E-state index in [2.05, 4.69) is 5.32 Å². The van der Waals surface area contributed by atoms with E-state index in [4.69, 9.17) is 0 Å². The number of carbonyl (C=O) groups is 1. The van der Waals surface area contributed by atoms with Gasteiger partial charge in [0, 0.05) is 12.1 Å². The lowest BCUT2D eigenvalue weighted by Crippen LogP contribution is -2.47. The van der Waals surface area contributed by atoms with Crippen LogP contribution >= 0.6 is 0 Å². The van der Waals surface area contributed by atoms with Gasteiger partial charge in [-0.25, -0.2) is 0 Å². The fraction of sp³-hybridized carbons (Fsp3) is 0.632. The summed E-state index contributed by atoms with van der Waals surface area (Å²) in [5, 5.41) is 2.69. The molecule has 4 saturated carbocycles. The molecule has 5 rings (SSSR count). The van der Waals surface area contributed by atoms with Crippen LogP contribution in [-0.2, 0) is 11.0 Å². The molecule has 0 unspecified atom stereocenters. The number of hydrogen-bond acceptors (Lipinski definition) is 1. The Kier molecular flexibility index (Phi) is 3.66. The molecule has 0 aromatic heterocycles. The van der Waals surface area contributed by atoms with Gasteiger partial charge in [0.1, 0.15) is 0 Å². The minimum Gasteiger partial charge on any atom is -0.326 e. The summed E-state index contributed by atoms with van der Waals surface area (Å²) in [4.78, 5) is 12.5. The summed E-state index contributed by atoms with van der Waals surface area (Å²) in [5.74, 6) is 2.14. The van der Waals surface area contributed by atoms with Crippen molar-refractivity contribution in [3.8, 4) is 0 Å². The van der Waals surface area contributed by atoms with E-state index in [0.29, 0.717) is 6.42 Å². The number of amides is 1. The maximum absolute atomic E-state index is 12.8. The topological polar surface area (TPSA) is 29.1 Å². The first-order valence-corrected chi connectivity index (χ1v) is 8.78. The van der Waals surface area contributed by atoms with Crippen molar-refractivity contribution in [2.45, 2.75) is 51.1 Å². The van der Waals surface area contributed by atoms with E-state index in [0.717, 1.165) is 49.1 Å². The first kappa shape index (κ1) is 16.0. The zero-order valence-electron chi connectivity index (χ0n) is 13.5. The fourth-order valence-corrected chi connectivity index (χ4v) is 5.83. The van der Waals surface area contributed by atoms with Gasteiger partial charge in [-0.1, -0.05) is 6.07 Å². The average Bonchev–Trinajstić information content (AvgIpc) is 2.44. The summed E-state index contributed by atoms with van der Waals surface area (Å²) >= 11 is 0. The molecule has 4 bridgehead atoms. The largest absolute Gasteiger partial charge is 0.416 e. The predicted molar refractivity (Wildman–Crippen MR) is 85.3 cm³/mol. The lowest BCUT2D eigenvalue weighted by atomic mass is 9.49. The summed E-state index contributed by atoms with van der Waals surface area (Å²) < 4.78 is 38.3. The molecule has 0 radical (unpaired) electrons. The van der Waals surface area contributed by atoms with E-state index >= 15 is 0 Å². The average molecular weight is 337 g/mol. The van der Waals surface area contributed by atoms with Gasteiger partial charge in [-0.2, -0.15) is 13.2 Å². The standard InChI is InChI=1S/C19H22F3NO/c20-19(21,22)15-2-1-3-16(7-15)23-17(24)11-18-8-12-4-13(9-18)6-14(5-12)10-18/h1-3,7,12-14H,4-6,8-11H2,(H,23,24). The van der Waals surface area contributed by atoms with Crippen molar-refractivity contribution in [3.05, 3.63) is 29.8 Å². The second-order valence-electron chi connectivity index (χ2n) is 8.22. The van der Waals surface area contributed by atoms with Crippen LogP contribution in [0.25, 0.3) is 0 Å². The summed E-state index contributed by atoms with van der Waals surface area (Å²) in [5.41, 5.74) is -0.393. The van der Waals surface area contributed by atoms with Gasteiger partial charge in [0.15, 0.2) is 0 Å². The molecular weight excluding hydrogens is 315 g/mol. The third kappa shape index (κ3) is 3.05. The number of hydrogen-bond donors (Lipinski definition) is 1. The van der Waals surface area contributed by atoms with E-state index < -0.39 is 11.7 Å². The zero-order valence-corrected chi connectivity index (χ0v) is 13.5. The third-order valence-corrected chi connectivity index (χ3v) is 6.17. The number of alkyl halides is 3. The molecule has 0 heterocycles. The highest BCUT2D eigenvalue weighted by Gasteiger charge is 2.51. The lowest BCUT2D eigenvalue weighted by molar-refractivity contribution is -0.137. The molecule has 24 heavy (non-hydrogen) atoms. The molecule has 2 nitrogen and oxygen atoms in total. The van der Waals surface area contributed by atoms with Crippen LogP contribution < -0.4 is 5.32 Å². The first-order chi connectivity index (χ1) is 11.3. The molecule has 4 aliphatic carbocycles. The van der Waals surface area contributed by atoms with Crippen LogP contribution in [0.2, 0.25) is 0 Å². The Morgan fingerprint density at radius 3 is 2.21 bits per heavy atom. The van der Waals surface area contributed by atoms with E-state index in [1.165, 1.54) is 31.4 Å². The fourth-order valence-electron chi connectivity index (χ4n) is 5.83. The number of anilines is 1. The van der Waals surface area contributed by atoms with Crippen LogP contribution in [0.15, 0.2) is 24.3 Å². The molecule has 0 aliphatic heterocycles. The quantitative estimate of drug-likeness (QED) is 0.802. The molecule has 4 fully saturated rings. The number of carbonyl (C=O) groups excluding carboxylic acids is 1. The molecule has 1 amide bonds. The SMILES string of the molecule is O=C(CC12CC3CC(CC(C3)C1)C2)Nc1cccc(C(F)(F)F)c1. The smallest absolute Gasteiger partial charge is 0.326 e. The number of nitrogens with one attached hydrogen (secondary N) is 1. The minimum atomic E-state index is -4.39. The Hall–Kier alpha value is -1.52. The maximum Gasteiger partial charge on any atom is 0.416 e. The summed E-state index contributed by atoms with van der Waals surface area (Å²) in [7, 11) is 0. The monoisotopic (exact) mass is 337 g/mol. The molecule has 0 atom stereocenters. The molecular formula is C19H22F3NO. The predicted octanol–water partition coefficient (Wildman–Crippen LogP) is 5.25. The van der Waals surface area contributed by atoms with Crippen molar-refractivity contribution in [3.63, 3.8) is 0 Å². The van der Waals surface area contributed by atoms with E-state index in [-0.39, 0.29) is 17.0 Å². The van der Waals surface area contributed by atoms with E-state index in [1.807, 2.05) is 0 Å². The van der Waals surface area contributed by atoms with Gasteiger partial charge in [0.05, 0.1) is 5.56 Å². The molecule has 1 N–H and O–H groups in total. The van der Waals surface area contributed by atoms with E-state index in [1.54, 1.807) is 0 Å². The molecule has 0 saturated heterocycles. The normalized spacial score (nSPS) is 34.4. The molecule has 4 aliphatic rings. The molecule has 130 valence electrons. The highest BCUT2D eigenvalue weighted by atomic mass is 19.4. The molecule has 5 heteroatoms. The maximum atomic E-state index is 12.8.